The Morgan fingerprint density at radius 3 is 3.00 bits per heavy atom. The standard InChI is InChI=1S/C12H23N3O3/c1-2-15(7-8-16)9-11(17)14-10-5-3-4-6-13-12(10)18/h10,16H,2-9H2,1H3,(H,13,18)(H,14,17). The van der Waals surface area contributed by atoms with Gasteiger partial charge in [-0.05, 0) is 25.8 Å². The van der Waals surface area contributed by atoms with Gasteiger partial charge in [-0.2, -0.15) is 0 Å². The second-order valence-electron chi connectivity index (χ2n) is 4.50. The molecule has 1 atom stereocenters. The summed E-state index contributed by atoms with van der Waals surface area (Å²) in [5.41, 5.74) is 0. The molecule has 0 radical (unpaired) electrons. The van der Waals surface area contributed by atoms with Crippen molar-refractivity contribution in [3.05, 3.63) is 0 Å². The number of hydrogen-bond donors (Lipinski definition) is 3. The van der Waals surface area contributed by atoms with Gasteiger partial charge in [-0.25, -0.2) is 0 Å². The maximum atomic E-state index is 11.8. The quantitative estimate of drug-likeness (QED) is 0.575. The van der Waals surface area contributed by atoms with Gasteiger partial charge in [-0.3, -0.25) is 14.5 Å². The van der Waals surface area contributed by atoms with E-state index in [0.29, 0.717) is 26.1 Å². The Morgan fingerprint density at radius 1 is 1.56 bits per heavy atom. The number of nitrogens with zero attached hydrogens (tertiary/aromatic N) is 1. The summed E-state index contributed by atoms with van der Waals surface area (Å²) in [6.07, 6.45) is 2.60. The van der Waals surface area contributed by atoms with Crippen LogP contribution in [0.25, 0.3) is 0 Å². The molecule has 0 spiro atoms. The average Bonchev–Trinajstić information content (AvgIpc) is 2.54. The van der Waals surface area contributed by atoms with Crippen molar-refractivity contribution in [1.82, 2.24) is 15.5 Å². The molecule has 3 N–H and O–H groups in total. The third-order valence-electron chi connectivity index (χ3n) is 3.10. The van der Waals surface area contributed by atoms with E-state index in [2.05, 4.69) is 10.6 Å². The van der Waals surface area contributed by atoms with E-state index in [1.165, 1.54) is 0 Å². The molecule has 1 rings (SSSR count). The maximum Gasteiger partial charge on any atom is 0.242 e. The highest BCUT2D eigenvalue weighted by atomic mass is 16.3. The van der Waals surface area contributed by atoms with Crippen LogP contribution in [0, 0.1) is 0 Å². The molecule has 1 unspecified atom stereocenters. The Kier molecular flexibility index (Phi) is 6.67. The smallest absolute Gasteiger partial charge is 0.242 e. The lowest BCUT2D eigenvalue weighted by molar-refractivity contribution is -0.129. The van der Waals surface area contributed by atoms with Crippen LogP contribution in [0.1, 0.15) is 26.2 Å². The molecule has 0 aliphatic carbocycles. The number of carbonyl (C=O) groups excluding carboxylic acids is 2. The minimum absolute atomic E-state index is 0.0328. The van der Waals surface area contributed by atoms with Crippen LogP contribution in [-0.2, 0) is 9.59 Å². The molecule has 6 nitrogen and oxygen atoms in total. The van der Waals surface area contributed by atoms with Crippen LogP contribution in [0.5, 0.6) is 0 Å². The molecule has 18 heavy (non-hydrogen) atoms. The van der Waals surface area contributed by atoms with E-state index in [9.17, 15) is 9.59 Å². The number of aliphatic hydroxyl groups is 1. The topological polar surface area (TPSA) is 81.7 Å². The van der Waals surface area contributed by atoms with Crippen LogP contribution in [0.2, 0.25) is 0 Å². The van der Waals surface area contributed by atoms with Crippen LogP contribution < -0.4 is 10.6 Å². The number of nitrogens with one attached hydrogen (secondary N) is 2. The predicted octanol–water partition coefficient (Wildman–Crippen LogP) is -0.914. The molecule has 0 aromatic carbocycles. The Balaban J connectivity index is 2.39. The Labute approximate surface area is 108 Å². The first-order valence-corrected chi connectivity index (χ1v) is 6.57. The third kappa shape index (κ3) is 5.01. The van der Waals surface area contributed by atoms with Crippen molar-refractivity contribution in [2.75, 3.05) is 32.8 Å². The van der Waals surface area contributed by atoms with Gasteiger partial charge in [-0.1, -0.05) is 6.92 Å². The zero-order chi connectivity index (χ0) is 13.4. The highest BCUT2D eigenvalue weighted by Crippen LogP contribution is 2.05. The molecule has 104 valence electrons. The molecule has 6 heteroatoms. The van der Waals surface area contributed by atoms with Crippen molar-refractivity contribution in [1.29, 1.82) is 0 Å². The minimum Gasteiger partial charge on any atom is -0.395 e. The van der Waals surface area contributed by atoms with E-state index in [1.807, 2.05) is 11.8 Å². The van der Waals surface area contributed by atoms with Crippen molar-refractivity contribution in [2.24, 2.45) is 0 Å². The van der Waals surface area contributed by atoms with Gasteiger partial charge in [0.15, 0.2) is 0 Å². The molecule has 0 saturated carbocycles. The van der Waals surface area contributed by atoms with E-state index < -0.39 is 6.04 Å². The van der Waals surface area contributed by atoms with Crippen LogP contribution in [0.3, 0.4) is 0 Å². The molecular formula is C12H23N3O3. The summed E-state index contributed by atoms with van der Waals surface area (Å²) in [6.45, 7) is 4.05. The summed E-state index contributed by atoms with van der Waals surface area (Å²) in [4.78, 5) is 25.3. The lowest BCUT2D eigenvalue weighted by atomic mass is 10.1. The molecule has 1 heterocycles. The van der Waals surface area contributed by atoms with Gasteiger partial charge in [0, 0.05) is 13.1 Å². The molecule has 1 aliphatic heterocycles. The fraction of sp³-hybridized carbons (Fsp3) is 0.833. The largest absolute Gasteiger partial charge is 0.395 e. The van der Waals surface area contributed by atoms with Crippen molar-refractivity contribution >= 4 is 11.8 Å². The second-order valence-corrected chi connectivity index (χ2v) is 4.50. The van der Waals surface area contributed by atoms with Gasteiger partial charge in [0.1, 0.15) is 6.04 Å². The molecular weight excluding hydrogens is 234 g/mol. The first-order valence-electron chi connectivity index (χ1n) is 6.57. The van der Waals surface area contributed by atoms with Crippen molar-refractivity contribution in [3.63, 3.8) is 0 Å². The summed E-state index contributed by atoms with van der Waals surface area (Å²) >= 11 is 0. The van der Waals surface area contributed by atoms with Gasteiger partial charge in [0.05, 0.1) is 13.2 Å². The average molecular weight is 257 g/mol. The summed E-state index contributed by atoms with van der Waals surface area (Å²) in [5, 5.41) is 14.4. The van der Waals surface area contributed by atoms with E-state index in [0.717, 1.165) is 12.8 Å². The highest BCUT2D eigenvalue weighted by molar-refractivity contribution is 5.88. The van der Waals surface area contributed by atoms with E-state index in [4.69, 9.17) is 5.11 Å². The molecule has 0 bridgehead atoms. The van der Waals surface area contributed by atoms with Gasteiger partial charge in [-0.15, -0.1) is 0 Å². The van der Waals surface area contributed by atoms with E-state index >= 15 is 0 Å². The molecule has 1 aliphatic rings. The number of carbonyl (C=O) groups is 2. The zero-order valence-corrected chi connectivity index (χ0v) is 10.9. The van der Waals surface area contributed by atoms with Gasteiger partial charge in [0.25, 0.3) is 0 Å². The van der Waals surface area contributed by atoms with Gasteiger partial charge >= 0.3 is 0 Å². The monoisotopic (exact) mass is 257 g/mol. The SMILES string of the molecule is CCN(CCO)CC(=O)NC1CCCCNC1=O. The van der Waals surface area contributed by atoms with E-state index in [-0.39, 0.29) is 25.0 Å². The number of rotatable bonds is 6. The highest BCUT2D eigenvalue weighted by Gasteiger charge is 2.22. The van der Waals surface area contributed by atoms with Crippen molar-refractivity contribution in [2.45, 2.75) is 32.2 Å². The Hall–Kier alpha value is -1.14. The number of likely N-dealkylation sites (N-methyl/N-ethyl adjacent to an activating group) is 1. The summed E-state index contributed by atoms with van der Waals surface area (Å²) in [5.74, 6) is -0.251. The molecule has 0 aromatic rings. The lowest BCUT2D eigenvalue weighted by Gasteiger charge is -2.21. The normalized spacial score (nSPS) is 20.4. The summed E-state index contributed by atoms with van der Waals surface area (Å²) < 4.78 is 0. The van der Waals surface area contributed by atoms with Gasteiger partial charge in [0.2, 0.25) is 11.8 Å². The van der Waals surface area contributed by atoms with Crippen LogP contribution in [0.15, 0.2) is 0 Å². The first-order chi connectivity index (χ1) is 8.67. The molecule has 2 amide bonds. The van der Waals surface area contributed by atoms with Crippen LogP contribution in [-0.4, -0.2) is 60.6 Å². The lowest BCUT2D eigenvalue weighted by Crippen LogP contribution is -2.48. The molecule has 0 aromatic heterocycles. The number of hydrogen-bond acceptors (Lipinski definition) is 4. The van der Waals surface area contributed by atoms with E-state index in [1.54, 1.807) is 0 Å². The van der Waals surface area contributed by atoms with Crippen molar-refractivity contribution < 1.29 is 14.7 Å². The summed E-state index contributed by atoms with van der Waals surface area (Å²) in [7, 11) is 0. The zero-order valence-electron chi connectivity index (χ0n) is 10.9. The first kappa shape index (κ1) is 14.9. The number of amides is 2. The Bertz CT molecular complexity index is 284. The fourth-order valence-electron chi connectivity index (χ4n) is 2.01. The fourth-order valence-corrected chi connectivity index (χ4v) is 2.01. The molecule has 1 saturated heterocycles. The minimum atomic E-state index is -0.409. The Morgan fingerprint density at radius 2 is 2.33 bits per heavy atom. The second kappa shape index (κ2) is 8.05. The molecule has 1 fully saturated rings. The predicted molar refractivity (Wildman–Crippen MR) is 68.0 cm³/mol. The maximum absolute atomic E-state index is 11.8. The van der Waals surface area contributed by atoms with Crippen molar-refractivity contribution in [3.8, 4) is 0 Å². The summed E-state index contributed by atoms with van der Waals surface area (Å²) in [6, 6.07) is -0.409. The van der Waals surface area contributed by atoms with Gasteiger partial charge < -0.3 is 15.7 Å². The number of aliphatic hydroxyl groups excluding tert-OH is 1. The van der Waals surface area contributed by atoms with Crippen LogP contribution >= 0.6 is 0 Å². The third-order valence-corrected chi connectivity index (χ3v) is 3.10. The van der Waals surface area contributed by atoms with Crippen LogP contribution in [0.4, 0.5) is 0 Å².